The highest BCUT2D eigenvalue weighted by atomic mass is 16.5. The number of aromatic nitrogens is 1. The number of nitrogens with zero attached hydrogens (tertiary/aromatic N) is 1. The molecule has 1 atom stereocenters. The molecule has 1 aromatic heterocycles. The number of pyridine rings is 1. The molecular formula is C23H28N2O3. The molecule has 148 valence electrons. The zero-order chi connectivity index (χ0) is 19.5. The Bertz CT molecular complexity index is 887. The predicted molar refractivity (Wildman–Crippen MR) is 108 cm³/mol. The van der Waals surface area contributed by atoms with Gasteiger partial charge in [-0.2, -0.15) is 0 Å². The number of carbonyl (C=O) groups excluding carboxylic acids is 2. The lowest BCUT2D eigenvalue weighted by atomic mass is 9.97. The van der Waals surface area contributed by atoms with Crippen molar-refractivity contribution in [3.63, 3.8) is 0 Å². The third kappa shape index (κ3) is 3.89. The fraction of sp³-hybridized carbons (Fsp3) is 0.522. The summed E-state index contributed by atoms with van der Waals surface area (Å²) in [7, 11) is 0. The fourth-order valence-corrected chi connectivity index (χ4v) is 4.44. The Morgan fingerprint density at radius 2 is 1.82 bits per heavy atom. The van der Waals surface area contributed by atoms with Gasteiger partial charge < -0.3 is 10.1 Å². The molecule has 2 aliphatic rings. The average molecular weight is 380 g/mol. The van der Waals surface area contributed by atoms with E-state index >= 15 is 0 Å². The lowest BCUT2D eigenvalue weighted by molar-refractivity contribution is -0.129. The number of nitrogens with one attached hydrogen (secondary N) is 1. The molecule has 0 unspecified atom stereocenters. The maximum absolute atomic E-state index is 13.2. The summed E-state index contributed by atoms with van der Waals surface area (Å²) in [4.78, 5) is 30.5. The van der Waals surface area contributed by atoms with E-state index in [0.717, 1.165) is 79.9 Å². The minimum atomic E-state index is -0.804. The highest BCUT2D eigenvalue weighted by molar-refractivity contribution is 6.05. The fourth-order valence-electron chi connectivity index (χ4n) is 4.44. The summed E-state index contributed by atoms with van der Waals surface area (Å²) in [6.45, 7) is 1.66. The summed E-state index contributed by atoms with van der Waals surface area (Å²) in [6.07, 6.45) is 8.51. The van der Waals surface area contributed by atoms with Crippen LogP contribution in [0.4, 0.5) is 0 Å². The largest absolute Gasteiger partial charge is 0.449 e. The summed E-state index contributed by atoms with van der Waals surface area (Å²) >= 11 is 0. The van der Waals surface area contributed by atoms with Gasteiger partial charge in [0.1, 0.15) is 0 Å². The molecule has 5 nitrogen and oxygen atoms in total. The van der Waals surface area contributed by atoms with E-state index in [2.05, 4.69) is 5.32 Å². The lowest BCUT2D eigenvalue weighted by Gasteiger charge is -2.19. The average Bonchev–Trinajstić information content (AvgIpc) is 3.09. The predicted octanol–water partition coefficient (Wildman–Crippen LogP) is 4.11. The number of amides is 1. The van der Waals surface area contributed by atoms with Gasteiger partial charge in [0, 0.05) is 17.1 Å². The van der Waals surface area contributed by atoms with E-state index in [-0.39, 0.29) is 11.9 Å². The van der Waals surface area contributed by atoms with Crippen molar-refractivity contribution in [3.8, 4) is 0 Å². The van der Waals surface area contributed by atoms with Crippen LogP contribution in [0.5, 0.6) is 0 Å². The molecule has 0 bridgehead atoms. The van der Waals surface area contributed by atoms with Crippen LogP contribution < -0.4 is 5.32 Å². The van der Waals surface area contributed by atoms with Gasteiger partial charge in [-0.1, -0.05) is 37.5 Å². The number of hydrogen-bond acceptors (Lipinski definition) is 4. The van der Waals surface area contributed by atoms with Crippen molar-refractivity contribution in [1.82, 2.24) is 10.3 Å². The third-order valence-electron chi connectivity index (χ3n) is 5.98. The molecule has 0 radical (unpaired) electrons. The van der Waals surface area contributed by atoms with Gasteiger partial charge >= 0.3 is 5.97 Å². The van der Waals surface area contributed by atoms with Crippen molar-refractivity contribution < 1.29 is 14.3 Å². The Kier molecular flexibility index (Phi) is 5.60. The quantitative estimate of drug-likeness (QED) is 0.640. The van der Waals surface area contributed by atoms with Crippen LogP contribution in [0.1, 0.15) is 73.5 Å². The van der Waals surface area contributed by atoms with E-state index in [1.54, 1.807) is 6.92 Å². The standard InChI is InChI=1S/C23H28N2O3/c1-15(22(26)24-16-9-5-6-10-16)28-23(27)21-17-11-3-2-4-13-19(17)25-20-14-8-7-12-18(20)21/h7-8,12,14-16H,2-6,9-11,13H2,1H3,(H,24,26)/t15-/m1/s1. The summed E-state index contributed by atoms with van der Waals surface area (Å²) in [5.74, 6) is -0.615. The molecule has 1 N–H and O–H groups in total. The second kappa shape index (κ2) is 8.29. The van der Waals surface area contributed by atoms with Crippen molar-refractivity contribution in [1.29, 1.82) is 0 Å². The Morgan fingerprint density at radius 1 is 1.07 bits per heavy atom. The molecular weight excluding hydrogens is 352 g/mol. The number of esters is 1. The van der Waals surface area contributed by atoms with E-state index in [1.165, 1.54) is 0 Å². The number of carbonyl (C=O) groups is 2. The van der Waals surface area contributed by atoms with Crippen LogP contribution >= 0.6 is 0 Å². The van der Waals surface area contributed by atoms with Gasteiger partial charge in [-0.3, -0.25) is 9.78 Å². The zero-order valence-corrected chi connectivity index (χ0v) is 16.5. The Balaban J connectivity index is 1.61. The molecule has 1 aromatic carbocycles. The summed E-state index contributed by atoms with van der Waals surface area (Å²) < 4.78 is 5.64. The van der Waals surface area contributed by atoms with Crippen LogP contribution in [-0.2, 0) is 22.4 Å². The van der Waals surface area contributed by atoms with Gasteiger partial charge in [-0.05, 0) is 57.1 Å². The van der Waals surface area contributed by atoms with Gasteiger partial charge in [0.15, 0.2) is 6.10 Å². The summed E-state index contributed by atoms with van der Waals surface area (Å²) in [5, 5.41) is 3.83. The van der Waals surface area contributed by atoms with Gasteiger partial charge in [-0.25, -0.2) is 4.79 Å². The highest BCUT2D eigenvalue weighted by Crippen LogP contribution is 2.29. The molecule has 0 aliphatic heterocycles. The first kappa shape index (κ1) is 18.9. The van der Waals surface area contributed by atoms with E-state index < -0.39 is 12.1 Å². The Morgan fingerprint density at radius 3 is 2.64 bits per heavy atom. The summed E-state index contributed by atoms with van der Waals surface area (Å²) in [5.41, 5.74) is 3.43. The molecule has 1 heterocycles. The number of fused-ring (bicyclic) bond motifs is 2. The number of aryl methyl sites for hydroxylation is 1. The second-order valence-corrected chi connectivity index (χ2v) is 8.03. The van der Waals surface area contributed by atoms with Crippen molar-refractivity contribution in [2.24, 2.45) is 0 Å². The third-order valence-corrected chi connectivity index (χ3v) is 5.98. The molecule has 1 saturated carbocycles. The lowest BCUT2D eigenvalue weighted by Crippen LogP contribution is -2.41. The smallest absolute Gasteiger partial charge is 0.339 e. The van der Waals surface area contributed by atoms with Gasteiger partial charge in [0.05, 0.1) is 11.1 Å². The van der Waals surface area contributed by atoms with Crippen molar-refractivity contribution >= 4 is 22.8 Å². The minimum absolute atomic E-state index is 0.204. The summed E-state index contributed by atoms with van der Waals surface area (Å²) in [6, 6.07) is 7.93. The monoisotopic (exact) mass is 380 g/mol. The number of rotatable bonds is 4. The van der Waals surface area contributed by atoms with E-state index in [9.17, 15) is 9.59 Å². The maximum atomic E-state index is 13.2. The Hall–Kier alpha value is -2.43. The maximum Gasteiger partial charge on any atom is 0.339 e. The van der Waals surface area contributed by atoms with Crippen molar-refractivity contribution in [2.45, 2.75) is 76.9 Å². The van der Waals surface area contributed by atoms with Crippen LogP contribution in [0.25, 0.3) is 10.9 Å². The van der Waals surface area contributed by atoms with Crippen molar-refractivity contribution in [2.75, 3.05) is 0 Å². The molecule has 0 saturated heterocycles. The molecule has 5 heteroatoms. The van der Waals surface area contributed by atoms with E-state index in [0.29, 0.717) is 5.56 Å². The molecule has 4 rings (SSSR count). The van der Waals surface area contributed by atoms with E-state index in [4.69, 9.17) is 9.72 Å². The molecule has 1 amide bonds. The molecule has 2 aliphatic carbocycles. The first-order valence-corrected chi connectivity index (χ1v) is 10.6. The highest BCUT2D eigenvalue weighted by Gasteiger charge is 2.27. The zero-order valence-electron chi connectivity index (χ0n) is 16.5. The van der Waals surface area contributed by atoms with Crippen LogP contribution in [0, 0.1) is 0 Å². The van der Waals surface area contributed by atoms with Gasteiger partial charge in [0.2, 0.25) is 0 Å². The second-order valence-electron chi connectivity index (χ2n) is 8.03. The van der Waals surface area contributed by atoms with Crippen molar-refractivity contribution in [3.05, 3.63) is 41.1 Å². The minimum Gasteiger partial charge on any atom is -0.449 e. The van der Waals surface area contributed by atoms with E-state index in [1.807, 2.05) is 24.3 Å². The number of ether oxygens (including phenoxy) is 1. The SMILES string of the molecule is C[C@@H](OC(=O)c1c2c(nc3ccccc13)CCCCC2)C(=O)NC1CCCC1. The van der Waals surface area contributed by atoms with Gasteiger partial charge in [-0.15, -0.1) is 0 Å². The molecule has 0 spiro atoms. The van der Waals surface area contributed by atoms with Crippen LogP contribution in [0.3, 0.4) is 0 Å². The molecule has 28 heavy (non-hydrogen) atoms. The van der Waals surface area contributed by atoms with Crippen LogP contribution in [0.15, 0.2) is 24.3 Å². The normalized spacial score (nSPS) is 18.3. The van der Waals surface area contributed by atoms with Crippen LogP contribution in [-0.4, -0.2) is 29.0 Å². The topological polar surface area (TPSA) is 68.3 Å². The number of benzene rings is 1. The number of para-hydroxylation sites is 1. The first-order valence-electron chi connectivity index (χ1n) is 10.6. The van der Waals surface area contributed by atoms with Crippen LogP contribution in [0.2, 0.25) is 0 Å². The Labute approximate surface area is 165 Å². The first-order chi connectivity index (χ1) is 13.6. The molecule has 1 fully saturated rings. The van der Waals surface area contributed by atoms with Gasteiger partial charge in [0.25, 0.3) is 5.91 Å². The number of hydrogen-bond donors (Lipinski definition) is 1. The molecule has 2 aromatic rings.